The molecule has 1 heterocycles. The fourth-order valence-electron chi connectivity index (χ4n) is 1.52. The summed E-state index contributed by atoms with van der Waals surface area (Å²) < 4.78 is 10.0. The van der Waals surface area contributed by atoms with Crippen LogP contribution >= 0.6 is 0 Å². The van der Waals surface area contributed by atoms with E-state index in [2.05, 4.69) is 11.9 Å². The number of nitrogens with one attached hydrogen (secondary N) is 1. The van der Waals surface area contributed by atoms with Crippen molar-refractivity contribution in [3.63, 3.8) is 0 Å². The fraction of sp³-hybridized carbons (Fsp3) is 0.385. The minimum atomic E-state index is -1.00. The molecule has 1 rings (SSSR count). The number of furan rings is 1. The Labute approximate surface area is 111 Å². The molecule has 0 radical (unpaired) electrons. The molecule has 0 aliphatic rings. The zero-order valence-electron chi connectivity index (χ0n) is 10.8. The van der Waals surface area contributed by atoms with E-state index >= 15 is 0 Å². The Kier molecular flexibility index (Phi) is 5.66. The average Bonchev–Trinajstić information content (AvgIpc) is 2.73. The summed E-state index contributed by atoms with van der Waals surface area (Å²) in [5.74, 6) is -0.0179. The summed E-state index contributed by atoms with van der Waals surface area (Å²) in [7, 11) is 0. The maximum atomic E-state index is 11.1. The number of carbonyl (C=O) groups is 2. The largest absolute Gasteiger partial charge is 0.478 e. The van der Waals surface area contributed by atoms with Crippen molar-refractivity contribution >= 4 is 12.1 Å². The highest BCUT2D eigenvalue weighted by Gasteiger charge is 2.13. The molecule has 0 bridgehead atoms. The number of rotatable bonds is 7. The SMILES string of the molecule is C=CCOC(=O)NCCCc1cc(C(=O)O)c(C)o1. The fourth-order valence-corrected chi connectivity index (χ4v) is 1.52. The molecule has 0 fully saturated rings. The van der Waals surface area contributed by atoms with Gasteiger partial charge in [-0.25, -0.2) is 9.59 Å². The number of aryl methyl sites for hydroxylation is 2. The Morgan fingerprint density at radius 2 is 2.32 bits per heavy atom. The van der Waals surface area contributed by atoms with Crippen molar-refractivity contribution in [1.82, 2.24) is 5.32 Å². The monoisotopic (exact) mass is 267 g/mol. The number of ether oxygens (including phenoxy) is 1. The van der Waals surface area contributed by atoms with E-state index in [-0.39, 0.29) is 12.2 Å². The number of aromatic carboxylic acids is 1. The van der Waals surface area contributed by atoms with E-state index in [1.807, 2.05) is 0 Å². The van der Waals surface area contributed by atoms with Gasteiger partial charge in [0.1, 0.15) is 23.7 Å². The first kappa shape index (κ1) is 14.8. The van der Waals surface area contributed by atoms with Crippen LogP contribution in [0.15, 0.2) is 23.1 Å². The highest BCUT2D eigenvalue weighted by molar-refractivity contribution is 5.88. The molecule has 6 heteroatoms. The number of hydrogen-bond donors (Lipinski definition) is 2. The number of carboxylic acids is 1. The van der Waals surface area contributed by atoms with Crippen LogP contribution in [0.4, 0.5) is 4.79 Å². The maximum Gasteiger partial charge on any atom is 0.407 e. The van der Waals surface area contributed by atoms with E-state index in [0.29, 0.717) is 30.9 Å². The summed E-state index contributed by atoms with van der Waals surface area (Å²) in [6, 6.07) is 1.51. The van der Waals surface area contributed by atoms with Gasteiger partial charge in [-0.3, -0.25) is 0 Å². The normalized spacial score (nSPS) is 9.95. The predicted molar refractivity (Wildman–Crippen MR) is 68.3 cm³/mol. The minimum Gasteiger partial charge on any atom is -0.478 e. The first-order chi connectivity index (χ1) is 9.04. The lowest BCUT2D eigenvalue weighted by molar-refractivity contribution is 0.0695. The topological polar surface area (TPSA) is 88.8 Å². The quantitative estimate of drug-likeness (QED) is 0.583. The molecule has 0 saturated heterocycles. The minimum absolute atomic E-state index is 0.172. The summed E-state index contributed by atoms with van der Waals surface area (Å²) in [5.41, 5.74) is 0.174. The molecule has 1 aromatic heterocycles. The molecule has 1 amide bonds. The van der Waals surface area contributed by atoms with Crippen molar-refractivity contribution in [2.24, 2.45) is 0 Å². The van der Waals surface area contributed by atoms with Gasteiger partial charge in [0.25, 0.3) is 0 Å². The summed E-state index contributed by atoms with van der Waals surface area (Å²) in [6.45, 7) is 5.64. The first-order valence-electron chi connectivity index (χ1n) is 5.88. The molecule has 0 unspecified atom stereocenters. The lowest BCUT2D eigenvalue weighted by Crippen LogP contribution is -2.25. The molecule has 19 heavy (non-hydrogen) atoms. The molecular formula is C13H17NO5. The van der Waals surface area contributed by atoms with Gasteiger partial charge in [0.05, 0.1) is 0 Å². The lowest BCUT2D eigenvalue weighted by atomic mass is 10.2. The molecule has 0 saturated carbocycles. The molecule has 0 spiro atoms. The Bertz CT molecular complexity index is 464. The van der Waals surface area contributed by atoms with Crippen LogP contribution in [0.1, 0.15) is 28.3 Å². The van der Waals surface area contributed by atoms with Crippen LogP contribution in [0.5, 0.6) is 0 Å². The molecule has 104 valence electrons. The second-order valence-corrected chi connectivity index (χ2v) is 3.91. The van der Waals surface area contributed by atoms with E-state index in [4.69, 9.17) is 14.3 Å². The van der Waals surface area contributed by atoms with Gasteiger partial charge in [0.15, 0.2) is 0 Å². The standard InChI is InChI=1S/C13H17NO5/c1-3-7-18-13(17)14-6-4-5-10-8-11(12(15)16)9(2)19-10/h3,8H,1,4-7H2,2H3,(H,14,17)(H,15,16). The smallest absolute Gasteiger partial charge is 0.407 e. The second-order valence-electron chi connectivity index (χ2n) is 3.91. The van der Waals surface area contributed by atoms with Crippen LogP contribution in [0, 0.1) is 6.92 Å². The van der Waals surface area contributed by atoms with Crippen molar-refractivity contribution in [2.45, 2.75) is 19.8 Å². The van der Waals surface area contributed by atoms with Crippen LogP contribution in [-0.4, -0.2) is 30.3 Å². The van der Waals surface area contributed by atoms with E-state index < -0.39 is 12.1 Å². The second kappa shape index (κ2) is 7.25. The summed E-state index contributed by atoms with van der Waals surface area (Å²) in [6.07, 6.45) is 2.17. The van der Waals surface area contributed by atoms with Gasteiger partial charge in [0, 0.05) is 13.0 Å². The summed E-state index contributed by atoms with van der Waals surface area (Å²) in [5, 5.41) is 11.4. The molecule has 0 aromatic carbocycles. The van der Waals surface area contributed by atoms with Crippen LogP contribution in [0.25, 0.3) is 0 Å². The summed E-state index contributed by atoms with van der Waals surface area (Å²) >= 11 is 0. The highest BCUT2D eigenvalue weighted by Crippen LogP contribution is 2.15. The Morgan fingerprint density at radius 1 is 1.58 bits per heavy atom. The molecule has 2 N–H and O–H groups in total. The molecule has 0 aliphatic carbocycles. The van der Waals surface area contributed by atoms with E-state index in [1.54, 1.807) is 6.92 Å². The van der Waals surface area contributed by atoms with Gasteiger partial charge in [-0.05, 0) is 19.4 Å². The number of carbonyl (C=O) groups excluding carboxylic acids is 1. The predicted octanol–water partition coefficient (Wildman–Crippen LogP) is 2.13. The Hall–Kier alpha value is -2.24. The van der Waals surface area contributed by atoms with Crippen molar-refractivity contribution in [2.75, 3.05) is 13.2 Å². The third-order valence-electron chi connectivity index (χ3n) is 2.40. The number of carboxylic acid groups (broad SMARTS) is 1. The van der Waals surface area contributed by atoms with E-state index in [1.165, 1.54) is 12.1 Å². The van der Waals surface area contributed by atoms with Gasteiger partial charge in [0.2, 0.25) is 0 Å². The van der Waals surface area contributed by atoms with Crippen LogP contribution in [-0.2, 0) is 11.2 Å². The zero-order chi connectivity index (χ0) is 14.3. The maximum absolute atomic E-state index is 11.1. The van der Waals surface area contributed by atoms with Crippen molar-refractivity contribution in [3.05, 3.63) is 35.8 Å². The van der Waals surface area contributed by atoms with E-state index in [9.17, 15) is 9.59 Å². The Balaban J connectivity index is 2.30. The molecule has 6 nitrogen and oxygen atoms in total. The van der Waals surface area contributed by atoms with Gasteiger partial charge in [-0.1, -0.05) is 12.7 Å². The molecule has 1 aromatic rings. The summed E-state index contributed by atoms with van der Waals surface area (Å²) in [4.78, 5) is 21.9. The van der Waals surface area contributed by atoms with Gasteiger partial charge in [-0.15, -0.1) is 0 Å². The van der Waals surface area contributed by atoms with Gasteiger partial charge >= 0.3 is 12.1 Å². The number of amides is 1. The van der Waals surface area contributed by atoms with Crippen LogP contribution in [0.2, 0.25) is 0 Å². The third-order valence-corrected chi connectivity index (χ3v) is 2.40. The highest BCUT2D eigenvalue weighted by atomic mass is 16.5. The molecule has 0 atom stereocenters. The molecule has 0 aliphatic heterocycles. The van der Waals surface area contributed by atoms with Crippen molar-refractivity contribution < 1.29 is 23.8 Å². The van der Waals surface area contributed by atoms with Crippen LogP contribution < -0.4 is 5.32 Å². The van der Waals surface area contributed by atoms with E-state index in [0.717, 1.165) is 0 Å². The van der Waals surface area contributed by atoms with Crippen LogP contribution in [0.3, 0.4) is 0 Å². The first-order valence-corrected chi connectivity index (χ1v) is 5.88. The third kappa shape index (κ3) is 4.87. The van der Waals surface area contributed by atoms with Crippen molar-refractivity contribution in [3.8, 4) is 0 Å². The number of hydrogen-bond acceptors (Lipinski definition) is 4. The van der Waals surface area contributed by atoms with Gasteiger partial charge < -0.3 is 19.6 Å². The lowest BCUT2D eigenvalue weighted by Gasteiger charge is -2.03. The zero-order valence-corrected chi connectivity index (χ0v) is 10.8. The van der Waals surface area contributed by atoms with Crippen molar-refractivity contribution in [1.29, 1.82) is 0 Å². The molecular weight excluding hydrogens is 250 g/mol. The van der Waals surface area contributed by atoms with Gasteiger partial charge in [-0.2, -0.15) is 0 Å². The average molecular weight is 267 g/mol. The number of alkyl carbamates (subject to hydrolysis) is 1. The Morgan fingerprint density at radius 3 is 2.89 bits per heavy atom.